The van der Waals surface area contributed by atoms with Crippen LogP contribution in [0.3, 0.4) is 0 Å². The molecule has 0 heterocycles. The average molecular weight is 197 g/mol. The van der Waals surface area contributed by atoms with Gasteiger partial charge in [-0.05, 0) is 24.6 Å². The molecule has 14 heavy (non-hydrogen) atoms. The zero-order chi connectivity index (χ0) is 10.6. The largest absolute Gasteiger partial charge is 0.459 e. The molecule has 3 nitrogen and oxygen atoms in total. The molecule has 1 rings (SSSR count). The molecule has 1 aromatic carbocycles. The molecule has 0 unspecified atom stereocenters. The van der Waals surface area contributed by atoms with Crippen LogP contribution in [-0.2, 0) is 4.74 Å². The lowest BCUT2D eigenvalue weighted by Gasteiger charge is -2.07. The molecule has 0 aliphatic rings. The molecule has 4 heteroatoms. The van der Waals surface area contributed by atoms with Crippen LogP contribution >= 0.6 is 0 Å². The molecule has 0 spiro atoms. The summed E-state index contributed by atoms with van der Waals surface area (Å²) in [5.41, 5.74) is 7.18. The number of carbonyl (C=O) groups excluding carboxylic acids is 1. The van der Waals surface area contributed by atoms with E-state index in [2.05, 4.69) is 4.74 Å². The maximum absolute atomic E-state index is 11.7. The Balaban J connectivity index is 2.84. The van der Waals surface area contributed by atoms with Crippen molar-refractivity contribution in [2.24, 2.45) is 0 Å². The monoisotopic (exact) mass is 197 g/mol. The smallest absolute Gasteiger partial charge is 0.338 e. The third-order valence-electron chi connectivity index (χ3n) is 1.91. The van der Waals surface area contributed by atoms with Crippen molar-refractivity contribution < 1.29 is 13.9 Å². The maximum Gasteiger partial charge on any atom is 0.338 e. The minimum Gasteiger partial charge on any atom is -0.459 e. The normalized spacial score (nSPS) is 9.86. The fourth-order valence-corrected chi connectivity index (χ4v) is 1.08. The van der Waals surface area contributed by atoms with Gasteiger partial charge in [-0.3, -0.25) is 0 Å². The summed E-state index contributed by atoms with van der Waals surface area (Å²) >= 11 is 0. The minimum atomic E-state index is -0.674. The van der Waals surface area contributed by atoms with Gasteiger partial charge in [-0.1, -0.05) is 6.07 Å². The van der Waals surface area contributed by atoms with Gasteiger partial charge in [0.25, 0.3) is 0 Å². The zero-order valence-electron chi connectivity index (χ0n) is 7.92. The van der Waals surface area contributed by atoms with E-state index in [0.29, 0.717) is 16.8 Å². The molecule has 0 bridgehead atoms. The van der Waals surface area contributed by atoms with Crippen molar-refractivity contribution in [2.45, 2.75) is 6.92 Å². The predicted octanol–water partition coefficient (Wildman–Crippen LogP) is 1.70. The highest BCUT2D eigenvalue weighted by Gasteiger charge is 2.11. The fraction of sp³-hybridized carbons (Fsp3) is 0.300. The number of alkyl halides is 1. The molecule has 76 valence electrons. The molecule has 0 aromatic heterocycles. The topological polar surface area (TPSA) is 52.3 Å². The van der Waals surface area contributed by atoms with Crippen LogP contribution in [0.4, 0.5) is 10.1 Å². The molecule has 0 aliphatic carbocycles. The predicted molar refractivity (Wildman–Crippen MR) is 51.8 cm³/mol. The van der Waals surface area contributed by atoms with E-state index in [1.54, 1.807) is 25.1 Å². The molecule has 0 radical (unpaired) electrons. The molecule has 0 aliphatic heterocycles. The van der Waals surface area contributed by atoms with E-state index in [1.807, 2.05) is 0 Å². The quantitative estimate of drug-likeness (QED) is 0.592. The summed E-state index contributed by atoms with van der Waals surface area (Å²) < 4.78 is 16.4. The van der Waals surface area contributed by atoms with Gasteiger partial charge >= 0.3 is 5.97 Å². The van der Waals surface area contributed by atoms with E-state index in [-0.39, 0.29) is 6.61 Å². The van der Waals surface area contributed by atoms with Crippen molar-refractivity contribution in [2.75, 3.05) is 19.0 Å². The Morgan fingerprint density at radius 1 is 1.57 bits per heavy atom. The lowest BCUT2D eigenvalue weighted by Crippen LogP contribution is -2.10. The summed E-state index contributed by atoms with van der Waals surface area (Å²) in [6.07, 6.45) is 0. The second kappa shape index (κ2) is 4.60. The first kappa shape index (κ1) is 10.5. The lowest BCUT2D eigenvalue weighted by atomic mass is 10.1. The Hall–Kier alpha value is -1.58. The van der Waals surface area contributed by atoms with Crippen molar-refractivity contribution in [3.05, 3.63) is 29.3 Å². The van der Waals surface area contributed by atoms with E-state index in [0.717, 1.165) is 0 Å². The van der Waals surface area contributed by atoms with Crippen LogP contribution in [0.25, 0.3) is 0 Å². The van der Waals surface area contributed by atoms with Gasteiger partial charge in [0.1, 0.15) is 13.3 Å². The number of hydrogen-bond acceptors (Lipinski definition) is 3. The van der Waals surface area contributed by atoms with Gasteiger partial charge in [0, 0.05) is 5.69 Å². The van der Waals surface area contributed by atoms with E-state index >= 15 is 0 Å². The third-order valence-corrected chi connectivity index (χ3v) is 1.91. The van der Waals surface area contributed by atoms with Crippen molar-refractivity contribution in [3.8, 4) is 0 Å². The van der Waals surface area contributed by atoms with Crippen molar-refractivity contribution in [3.63, 3.8) is 0 Å². The fourth-order valence-electron chi connectivity index (χ4n) is 1.08. The molecule has 0 saturated heterocycles. The molecule has 2 N–H and O–H groups in total. The number of hydrogen-bond donors (Lipinski definition) is 1. The first-order valence-corrected chi connectivity index (χ1v) is 4.25. The Bertz CT molecular complexity index is 339. The van der Waals surface area contributed by atoms with Gasteiger partial charge in [-0.15, -0.1) is 0 Å². The minimum absolute atomic E-state index is 0.215. The summed E-state index contributed by atoms with van der Waals surface area (Å²) in [5, 5.41) is 0. The van der Waals surface area contributed by atoms with Crippen LogP contribution in [0, 0.1) is 6.92 Å². The van der Waals surface area contributed by atoms with Crippen LogP contribution in [0.1, 0.15) is 15.9 Å². The van der Waals surface area contributed by atoms with Gasteiger partial charge in [-0.2, -0.15) is 0 Å². The number of nitrogens with two attached hydrogens (primary N) is 1. The molecule has 0 atom stereocenters. The maximum atomic E-state index is 11.7. The van der Waals surface area contributed by atoms with Gasteiger partial charge < -0.3 is 10.5 Å². The molecule has 0 amide bonds. The van der Waals surface area contributed by atoms with Gasteiger partial charge in [0.2, 0.25) is 0 Å². The first-order valence-electron chi connectivity index (χ1n) is 4.25. The molecular weight excluding hydrogens is 185 g/mol. The molecular formula is C10H12FNO2. The number of ether oxygens (including phenoxy) is 1. The van der Waals surface area contributed by atoms with Gasteiger partial charge in [0.05, 0.1) is 5.56 Å². The summed E-state index contributed by atoms with van der Waals surface area (Å²) in [4.78, 5) is 11.3. The molecule has 0 saturated carbocycles. The highest BCUT2D eigenvalue weighted by molar-refractivity contribution is 5.92. The Morgan fingerprint density at radius 2 is 2.29 bits per heavy atom. The highest BCUT2D eigenvalue weighted by atomic mass is 19.1. The van der Waals surface area contributed by atoms with Crippen LogP contribution in [0.15, 0.2) is 18.2 Å². The van der Waals surface area contributed by atoms with Crippen LogP contribution in [0.5, 0.6) is 0 Å². The Kier molecular flexibility index (Phi) is 3.45. The standard InChI is InChI=1S/C10H12FNO2/c1-7-8(3-2-4-9(7)12)10(13)14-6-5-11/h2-4H,5-6,12H2,1H3. The number of anilines is 1. The van der Waals surface area contributed by atoms with Crippen molar-refractivity contribution in [1.82, 2.24) is 0 Å². The van der Waals surface area contributed by atoms with Crippen LogP contribution in [-0.4, -0.2) is 19.3 Å². The second-order valence-electron chi connectivity index (χ2n) is 2.84. The van der Waals surface area contributed by atoms with E-state index in [1.165, 1.54) is 0 Å². The second-order valence-corrected chi connectivity index (χ2v) is 2.84. The number of esters is 1. The van der Waals surface area contributed by atoms with E-state index in [4.69, 9.17) is 5.73 Å². The SMILES string of the molecule is Cc1c(N)cccc1C(=O)OCCF. The number of nitrogen functional groups attached to an aromatic ring is 1. The van der Waals surface area contributed by atoms with Crippen LogP contribution < -0.4 is 5.73 Å². The van der Waals surface area contributed by atoms with Gasteiger partial charge in [0.15, 0.2) is 0 Å². The Labute approximate surface area is 81.7 Å². The van der Waals surface area contributed by atoms with Crippen LogP contribution in [0.2, 0.25) is 0 Å². The molecule has 0 fully saturated rings. The summed E-state index contributed by atoms with van der Waals surface area (Å²) in [5.74, 6) is -0.535. The highest BCUT2D eigenvalue weighted by Crippen LogP contribution is 2.16. The summed E-state index contributed by atoms with van der Waals surface area (Å²) in [6, 6.07) is 4.96. The Morgan fingerprint density at radius 3 is 2.93 bits per heavy atom. The van der Waals surface area contributed by atoms with Crippen molar-refractivity contribution >= 4 is 11.7 Å². The summed E-state index contributed by atoms with van der Waals surface area (Å²) in [7, 11) is 0. The number of halogens is 1. The lowest BCUT2D eigenvalue weighted by molar-refractivity contribution is 0.0480. The average Bonchev–Trinajstić information content (AvgIpc) is 2.18. The first-order chi connectivity index (χ1) is 6.66. The van der Waals surface area contributed by atoms with E-state index < -0.39 is 12.6 Å². The van der Waals surface area contributed by atoms with E-state index in [9.17, 15) is 9.18 Å². The zero-order valence-corrected chi connectivity index (χ0v) is 7.92. The molecule has 1 aromatic rings. The number of carbonyl (C=O) groups is 1. The van der Waals surface area contributed by atoms with Crippen molar-refractivity contribution in [1.29, 1.82) is 0 Å². The number of rotatable bonds is 3. The summed E-state index contributed by atoms with van der Waals surface area (Å²) in [6.45, 7) is 0.835. The number of benzene rings is 1. The third kappa shape index (κ3) is 2.22. The van der Waals surface area contributed by atoms with Gasteiger partial charge in [-0.25, -0.2) is 9.18 Å².